The maximum Gasteiger partial charge on any atom is 0.232 e. The number of carbonyl (C=O) groups is 1. The Bertz CT molecular complexity index is 828. The molecule has 3 atom stereocenters. The van der Waals surface area contributed by atoms with Crippen molar-refractivity contribution in [3.8, 4) is 0 Å². The van der Waals surface area contributed by atoms with Crippen molar-refractivity contribution < 1.29 is 4.79 Å². The molecule has 0 radical (unpaired) electrons. The van der Waals surface area contributed by atoms with Crippen LogP contribution in [0.4, 0.5) is 17.6 Å². The van der Waals surface area contributed by atoms with Crippen LogP contribution >= 0.6 is 11.8 Å². The van der Waals surface area contributed by atoms with Gasteiger partial charge in [0.05, 0.1) is 11.5 Å². The molecular formula is C21H30N6OS. The van der Waals surface area contributed by atoms with Crippen molar-refractivity contribution >= 4 is 35.3 Å². The summed E-state index contributed by atoms with van der Waals surface area (Å²) < 4.78 is 0. The molecule has 1 amide bonds. The van der Waals surface area contributed by atoms with Gasteiger partial charge in [0.15, 0.2) is 0 Å². The van der Waals surface area contributed by atoms with Gasteiger partial charge in [0.2, 0.25) is 17.8 Å². The summed E-state index contributed by atoms with van der Waals surface area (Å²) in [7, 11) is 0. The highest BCUT2D eigenvalue weighted by Crippen LogP contribution is 2.29. The first-order valence-corrected chi connectivity index (χ1v) is 11.3. The zero-order valence-corrected chi connectivity index (χ0v) is 18.1. The SMILES string of the molecule is Cc1ccc(Nc2nc(N)nc(CSCC(=O)N[C@@H]3CCC[C@@H](C)[C@@H]3C)n2)cc1. The summed E-state index contributed by atoms with van der Waals surface area (Å²) in [6, 6.07) is 8.22. The Balaban J connectivity index is 1.50. The normalized spacial score (nSPS) is 21.6. The van der Waals surface area contributed by atoms with Gasteiger partial charge in [-0.05, 0) is 37.3 Å². The monoisotopic (exact) mass is 414 g/mol. The lowest BCUT2D eigenvalue weighted by Gasteiger charge is -2.34. The molecule has 1 aliphatic rings. The van der Waals surface area contributed by atoms with Crippen LogP contribution in [0, 0.1) is 18.8 Å². The van der Waals surface area contributed by atoms with E-state index in [-0.39, 0.29) is 17.9 Å². The third kappa shape index (κ3) is 6.32. The number of thioether (sulfide) groups is 1. The molecule has 156 valence electrons. The van der Waals surface area contributed by atoms with Gasteiger partial charge in [-0.1, -0.05) is 44.4 Å². The zero-order chi connectivity index (χ0) is 20.8. The molecule has 7 nitrogen and oxygen atoms in total. The molecule has 0 bridgehead atoms. The molecule has 1 heterocycles. The Hall–Kier alpha value is -2.35. The van der Waals surface area contributed by atoms with Crippen LogP contribution in [0.2, 0.25) is 0 Å². The van der Waals surface area contributed by atoms with E-state index in [0.717, 1.165) is 12.1 Å². The number of carbonyl (C=O) groups excluding carboxylic acids is 1. The highest BCUT2D eigenvalue weighted by atomic mass is 32.2. The lowest BCUT2D eigenvalue weighted by Crippen LogP contribution is -2.44. The molecule has 8 heteroatoms. The fraction of sp³-hybridized carbons (Fsp3) is 0.524. The molecule has 2 aromatic rings. The molecule has 0 spiro atoms. The lowest BCUT2D eigenvalue weighted by atomic mass is 9.78. The number of rotatable bonds is 7. The molecule has 0 aliphatic heterocycles. The topological polar surface area (TPSA) is 106 Å². The molecule has 1 fully saturated rings. The predicted molar refractivity (Wildman–Crippen MR) is 119 cm³/mol. The average Bonchev–Trinajstić information content (AvgIpc) is 2.67. The van der Waals surface area contributed by atoms with E-state index in [0.29, 0.717) is 35.1 Å². The van der Waals surface area contributed by atoms with E-state index >= 15 is 0 Å². The van der Waals surface area contributed by atoms with Crippen LogP contribution in [0.5, 0.6) is 0 Å². The molecule has 4 N–H and O–H groups in total. The molecule has 1 aliphatic carbocycles. The van der Waals surface area contributed by atoms with Gasteiger partial charge in [0.1, 0.15) is 5.82 Å². The van der Waals surface area contributed by atoms with Crippen LogP contribution < -0.4 is 16.4 Å². The van der Waals surface area contributed by atoms with Crippen molar-refractivity contribution in [2.75, 3.05) is 16.8 Å². The maximum atomic E-state index is 12.3. The molecule has 0 unspecified atom stereocenters. The molecule has 1 aromatic carbocycles. The lowest BCUT2D eigenvalue weighted by molar-refractivity contribution is -0.119. The van der Waals surface area contributed by atoms with E-state index in [1.165, 1.54) is 30.2 Å². The van der Waals surface area contributed by atoms with Gasteiger partial charge in [0.25, 0.3) is 0 Å². The Morgan fingerprint density at radius 2 is 1.93 bits per heavy atom. The first-order valence-electron chi connectivity index (χ1n) is 10.1. The maximum absolute atomic E-state index is 12.3. The number of nitrogens with one attached hydrogen (secondary N) is 2. The van der Waals surface area contributed by atoms with Gasteiger partial charge in [-0.3, -0.25) is 4.79 Å². The fourth-order valence-electron chi connectivity index (χ4n) is 3.59. The Kier molecular flexibility index (Phi) is 7.30. The second-order valence-electron chi connectivity index (χ2n) is 7.86. The van der Waals surface area contributed by atoms with Gasteiger partial charge in [0, 0.05) is 11.7 Å². The van der Waals surface area contributed by atoms with E-state index < -0.39 is 0 Å². The minimum absolute atomic E-state index is 0.0704. The highest BCUT2D eigenvalue weighted by molar-refractivity contribution is 7.99. The summed E-state index contributed by atoms with van der Waals surface area (Å²) in [5.74, 6) is 3.27. The largest absolute Gasteiger partial charge is 0.368 e. The summed E-state index contributed by atoms with van der Waals surface area (Å²) in [6.45, 7) is 6.54. The molecular weight excluding hydrogens is 384 g/mol. The Labute approximate surface area is 176 Å². The quantitative estimate of drug-likeness (QED) is 0.634. The zero-order valence-electron chi connectivity index (χ0n) is 17.3. The number of aromatic nitrogens is 3. The summed E-state index contributed by atoms with van der Waals surface area (Å²) in [6.07, 6.45) is 3.51. The first kappa shape index (κ1) is 21.4. The van der Waals surface area contributed by atoms with Crippen LogP contribution in [0.15, 0.2) is 24.3 Å². The number of nitrogens with zero attached hydrogens (tertiary/aromatic N) is 3. The third-order valence-electron chi connectivity index (χ3n) is 5.52. The van der Waals surface area contributed by atoms with Crippen molar-refractivity contribution in [1.29, 1.82) is 0 Å². The van der Waals surface area contributed by atoms with Crippen molar-refractivity contribution in [2.45, 2.75) is 51.8 Å². The highest BCUT2D eigenvalue weighted by Gasteiger charge is 2.27. The summed E-state index contributed by atoms with van der Waals surface area (Å²) >= 11 is 1.48. The number of hydrogen-bond donors (Lipinski definition) is 3. The van der Waals surface area contributed by atoms with E-state index in [4.69, 9.17) is 5.73 Å². The first-order chi connectivity index (χ1) is 13.9. The summed E-state index contributed by atoms with van der Waals surface area (Å²) in [4.78, 5) is 25.1. The van der Waals surface area contributed by atoms with E-state index in [1.807, 2.05) is 31.2 Å². The molecule has 1 aromatic heterocycles. The Morgan fingerprint density at radius 3 is 2.69 bits per heavy atom. The van der Waals surface area contributed by atoms with Crippen LogP contribution in [0.1, 0.15) is 44.5 Å². The van der Waals surface area contributed by atoms with E-state index in [2.05, 4.69) is 39.4 Å². The minimum atomic E-state index is 0.0704. The molecule has 3 rings (SSSR count). The Morgan fingerprint density at radius 1 is 1.17 bits per heavy atom. The number of benzene rings is 1. The van der Waals surface area contributed by atoms with Crippen LogP contribution in [0.25, 0.3) is 0 Å². The number of hydrogen-bond acceptors (Lipinski definition) is 7. The third-order valence-corrected chi connectivity index (χ3v) is 6.45. The van der Waals surface area contributed by atoms with Crippen LogP contribution in [-0.2, 0) is 10.5 Å². The number of aryl methyl sites for hydroxylation is 1. The average molecular weight is 415 g/mol. The predicted octanol–water partition coefficient (Wildman–Crippen LogP) is 3.68. The second kappa shape index (κ2) is 9.91. The van der Waals surface area contributed by atoms with Gasteiger partial charge in [-0.2, -0.15) is 15.0 Å². The van der Waals surface area contributed by atoms with Gasteiger partial charge in [-0.15, -0.1) is 11.8 Å². The van der Waals surface area contributed by atoms with Gasteiger partial charge >= 0.3 is 0 Å². The standard InChI is InChI=1S/C21H30N6OS/c1-13-7-9-16(10-8-13)23-21-26-18(25-20(22)27-21)11-29-12-19(28)24-17-6-4-5-14(2)15(17)3/h7-10,14-15,17H,4-6,11-12H2,1-3H3,(H,24,28)(H3,22,23,25,26,27)/t14-,15+,17-/m1/s1. The smallest absolute Gasteiger partial charge is 0.232 e. The number of nitrogens with two attached hydrogens (primary N) is 1. The molecule has 0 saturated heterocycles. The van der Waals surface area contributed by atoms with Gasteiger partial charge < -0.3 is 16.4 Å². The fourth-order valence-corrected chi connectivity index (χ4v) is 4.28. The number of amides is 1. The summed E-state index contributed by atoms with van der Waals surface area (Å²) in [5, 5.41) is 6.34. The van der Waals surface area contributed by atoms with Crippen molar-refractivity contribution in [3.63, 3.8) is 0 Å². The number of anilines is 3. The van der Waals surface area contributed by atoms with Crippen molar-refractivity contribution in [1.82, 2.24) is 20.3 Å². The van der Waals surface area contributed by atoms with Crippen molar-refractivity contribution in [3.05, 3.63) is 35.7 Å². The van der Waals surface area contributed by atoms with Crippen LogP contribution in [0.3, 0.4) is 0 Å². The van der Waals surface area contributed by atoms with E-state index in [9.17, 15) is 4.79 Å². The van der Waals surface area contributed by atoms with Crippen LogP contribution in [-0.4, -0.2) is 32.7 Å². The number of nitrogen functional groups attached to an aromatic ring is 1. The van der Waals surface area contributed by atoms with E-state index in [1.54, 1.807) is 0 Å². The minimum Gasteiger partial charge on any atom is -0.368 e. The van der Waals surface area contributed by atoms with Crippen molar-refractivity contribution in [2.24, 2.45) is 11.8 Å². The molecule has 1 saturated carbocycles. The second-order valence-corrected chi connectivity index (χ2v) is 8.84. The van der Waals surface area contributed by atoms with Gasteiger partial charge in [-0.25, -0.2) is 0 Å². The molecule has 29 heavy (non-hydrogen) atoms. The summed E-state index contributed by atoms with van der Waals surface area (Å²) in [5.41, 5.74) is 7.89.